The number of ketones is 1. The first-order valence-electron chi connectivity index (χ1n) is 5.62. The van der Waals surface area contributed by atoms with Crippen LogP contribution in [0.4, 0.5) is 10.1 Å². The van der Waals surface area contributed by atoms with E-state index in [9.17, 15) is 9.18 Å². The Morgan fingerprint density at radius 1 is 1.44 bits per heavy atom. The van der Waals surface area contributed by atoms with Crippen molar-refractivity contribution in [3.05, 3.63) is 29.6 Å². The van der Waals surface area contributed by atoms with Crippen molar-refractivity contribution >= 4 is 11.5 Å². The van der Waals surface area contributed by atoms with E-state index < -0.39 is 0 Å². The zero-order valence-electron chi connectivity index (χ0n) is 9.66. The van der Waals surface area contributed by atoms with Crippen LogP contribution < -0.4 is 4.90 Å². The Morgan fingerprint density at radius 3 is 2.81 bits per heavy atom. The summed E-state index contributed by atoms with van der Waals surface area (Å²) >= 11 is 0. The summed E-state index contributed by atoms with van der Waals surface area (Å²) < 4.78 is 13.2. The Morgan fingerprint density at radius 2 is 2.19 bits per heavy atom. The number of nitrogens with zero attached hydrogens (tertiary/aromatic N) is 1. The number of benzene rings is 1. The van der Waals surface area contributed by atoms with E-state index in [2.05, 4.69) is 4.90 Å². The Hall–Kier alpha value is -1.38. The number of rotatable bonds is 1. The van der Waals surface area contributed by atoms with Crippen molar-refractivity contribution in [1.82, 2.24) is 0 Å². The third kappa shape index (κ3) is 2.08. The highest BCUT2D eigenvalue weighted by atomic mass is 19.1. The molecule has 2 rings (SSSR count). The van der Waals surface area contributed by atoms with Crippen LogP contribution in [-0.2, 0) is 4.79 Å². The molecule has 86 valence electrons. The number of carbonyl (C=O) groups is 1. The lowest BCUT2D eigenvalue weighted by atomic mass is 10.0. The Labute approximate surface area is 95.1 Å². The highest BCUT2D eigenvalue weighted by molar-refractivity contribution is 5.81. The van der Waals surface area contributed by atoms with E-state index in [1.165, 1.54) is 6.07 Å². The van der Waals surface area contributed by atoms with Crippen LogP contribution in [0.25, 0.3) is 0 Å². The minimum absolute atomic E-state index is 0.176. The van der Waals surface area contributed by atoms with Gasteiger partial charge in [-0.1, -0.05) is 0 Å². The van der Waals surface area contributed by atoms with Gasteiger partial charge in [0.2, 0.25) is 0 Å². The van der Waals surface area contributed by atoms with Gasteiger partial charge < -0.3 is 4.90 Å². The van der Waals surface area contributed by atoms with Gasteiger partial charge in [-0.2, -0.15) is 0 Å². The van der Waals surface area contributed by atoms with Gasteiger partial charge >= 0.3 is 0 Å². The molecule has 1 aromatic rings. The van der Waals surface area contributed by atoms with Crippen LogP contribution in [-0.4, -0.2) is 18.4 Å². The molecule has 0 aliphatic carbocycles. The number of hydrogen-bond donors (Lipinski definition) is 0. The van der Waals surface area contributed by atoms with Crippen molar-refractivity contribution in [3.63, 3.8) is 0 Å². The lowest BCUT2D eigenvalue weighted by Crippen LogP contribution is -2.41. The lowest BCUT2D eigenvalue weighted by Gasteiger charge is -2.34. The SMILES string of the molecule is Cc1cc(N2CCC(=O)CC2C)ccc1F. The number of Topliss-reactive ketones (excluding diaryl/α,β-unsaturated/α-hetero) is 1. The largest absolute Gasteiger partial charge is 0.368 e. The number of piperidine rings is 1. The van der Waals surface area contributed by atoms with Crippen LogP contribution in [0.15, 0.2) is 18.2 Å². The van der Waals surface area contributed by atoms with E-state index in [0.29, 0.717) is 24.2 Å². The smallest absolute Gasteiger partial charge is 0.136 e. The maximum absolute atomic E-state index is 13.2. The summed E-state index contributed by atoms with van der Waals surface area (Å²) in [7, 11) is 0. The van der Waals surface area contributed by atoms with E-state index in [4.69, 9.17) is 0 Å². The topological polar surface area (TPSA) is 20.3 Å². The predicted octanol–water partition coefficient (Wildman–Crippen LogP) is 2.69. The average Bonchev–Trinajstić information content (AvgIpc) is 2.22. The summed E-state index contributed by atoms with van der Waals surface area (Å²) in [4.78, 5) is 13.5. The first kappa shape index (κ1) is 11.1. The second-order valence-electron chi connectivity index (χ2n) is 4.47. The molecule has 2 nitrogen and oxygen atoms in total. The number of hydrogen-bond acceptors (Lipinski definition) is 2. The van der Waals surface area contributed by atoms with Gasteiger partial charge in [-0.3, -0.25) is 4.79 Å². The molecule has 1 heterocycles. The zero-order valence-corrected chi connectivity index (χ0v) is 9.66. The molecular formula is C13H16FNO. The number of carbonyl (C=O) groups excluding carboxylic acids is 1. The predicted molar refractivity (Wildman–Crippen MR) is 62.2 cm³/mol. The van der Waals surface area contributed by atoms with E-state index >= 15 is 0 Å². The van der Waals surface area contributed by atoms with Crippen LogP contribution in [0.2, 0.25) is 0 Å². The molecule has 0 aromatic heterocycles. The summed E-state index contributed by atoms with van der Waals surface area (Å²) in [6, 6.07) is 5.34. The fourth-order valence-corrected chi connectivity index (χ4v) is 2.20. The summed E-state index contributed by atoms with van der Waals surface area (Å²) in [6.07, 6.45) is 1.19. The minimum Gasteiger partial charge on any atom is -0.368 e. The summed E-state index contributed by atoms with van der Waals surface area (Å²) in [6.45, 7) is 4.54. The van der Waals surface area contributed by atoms with Gasteiger partial charge in [-0.05, 0) is 37.6 Å². The molecule has 0 saturated carbocycles. The van der Waals surface area contributed by atoms with Crippen molar-refractivity contribution in [2.75, 3.05) is 11.4 Å². The molecule has 1 aromatic carbocycles. The Balaban J connectivity index is 2.23. The van der Waals surface area contributed by atoms with Crippen LogP contribution in [0.1, 0.15) is 25.3 Å². The van der Waals surface area contributed by atoms with E-state index in [0.717, 1.165) is 12.2 Å². The van der Waals surface area contributed by atoms with Crippen LogP contribution in [0.3, 0.4) is 0 Å². The molecule has 3 heteroatoms. The molecule has 0 radical (unpaired) electrons. The maximum Gasteiger partial charge on any atom is 0.136 e. The molecule has 0 spiro atoms. The normalized spacial score (nSPS) is 21.3. The van der Waals surface area contributed by atoms with Gasteiger partial charge in [0.25, 0.3) is 0 Å². The number of anilines is 1. The number of aryl methyl sites for hydroxylation is 1. The third-order valence-corrected chi connectivity index (χ3v) is 3.16. The molecule has 1 saturated heterocycles. The average molecular weight is 221 g/mol. The molecule has 1 fully saturated rings. The van der Waals surface area contributed by atoms with Crippen LogP contribution in [0, 0.1) is 12.7 Å². The second kappa shape index (κ2) is 4.24. The highest BCUT2D eigenvalue weighted by Gasteiger charge is 2.23. The van der Waals surface area contributed by atoms with Gasteiger partial charge in [0.1, 0.15) is 11.6 Å². The molecule has 1 unspecified atom stereocenters. The summed E-state index contributed by atoms with van der Waals surface area (Å²) in [5.74, 6) is 0.145. The van der Waals surface area contributed by atoms with E-state index in [1.807, 2.05) is 13.0 Å². The monoisotopic (exact) mass is 221 g/mol. The summed E-state index contributed by atoms with van der Waals surface area (Å²) in [5, 5.41) is 0. The fraction of sp³-hybridized carbons (Fsp3) is 0.462. The molecule has 16 heavy (non-hydrogen) atoms. The molecule has 1 atom stereocenters. The zero-order chi connectivity index (χ0) is 11.7. The lowest BCUT2D eigenvalue weighted by molar-refractivity contribution is -0.120. The Kier molecular flexibility index (Phi) is 2.95. The molecule has 0 N–H and O–H groups in total. The number of halogens is 1. The maximum atomic E-state index is 13.2. The third-order valence-electron chi connectivity index (χ3n) is 3.16. The van der Waals surface area contributed by atoms with E-state index in [1.54, 1.807) is 13.0 Å². The van der Waals surface area contributed by atoms with Crippen molar-refractivity contribution in [2.24, 2.45) is 0 Å². The van der Waals surface area contributed by atoms with Crippen molar-refractivity contribution in [1.29, 1.82) is 0 Å². The first-order chi connectivity index (χ1) is 7.58. The van der Waals surface area contributed by atoms with Crippen LogP contribution >= 0.6 is 0 Å². The highest BCUT2D eigenvalue weighted by Crippen LogP contribution is 2.24. The second-order valence-corrected chi connectivity index (χ2v) is 4.47. The van der Waals surface area contributed by atoms with Crippen molar-refractivity contribution in [2.45, 2.75) is 32.7 Å². The fourth-order valence-electron chi connectivity index (χ4n) is 2.20. The van der Waals surface area contributed by atoms with Gasteiger partial charge in [0.05, 0.1) is 0 Å². The summed E-state index contributed by atoms with van der Waals surface area (Å²) in [5.41, 5.74) is 1.67. The first-order valence-corrected chi connectivity index (χ1v) is 5.62. The van der Waals surface area contributed by atoms with Crippen molar-refractivity contribution in [3.8, 4) is 0 Å². The minimum atomic E-state index is -0.176. The molecule has 0 bridgehead atoms. The molecular weight excluding hydrogens is 205 g/mol. The van der Waals surface area contributed by atoms with Gasteiger partial charge in [0.15, 0.2) is 0 Å². The van der Waals surface area contributed by atoms with Gasteiger partial charge in [0, 0.05) is 31.1 Å². The molecule has 1 aliphatic heterocycles. The van der Waals surface area contributed by atoms with Gasteiger partial charge in [-0.25, -0.2) is 4.39 Å². The van der Waals surface area contributed by atoms with Crippen molar-refractivity contribution < 1.29 is 9.18 Å². The van der Waals surface area contributed by atoms with E-state index in [-0.39, 0.29) is 11.9 Å². The standard InChI is InChI=1S/C13H16FNO/c1-9-7-11(3-4-13(9)14)15-6-5-12(16)8-10(15)2/h3-4,7,10H,5-6,8H2,1-2H3. The van der Waals surface area contributed by atoms with Gasteiger partial charge in [-0.15, -0.1) is 0 Å². The molecule has 0 amide bonds. The Bertz CT molecular complexity index is 416. The molecule has 1 aliphatic rings. The quantitative estimate of drug-likeness (QED) is 0.726. The van der Waals surface area contributed by atoms with Crippen LogP contribution in [0.5, 0.6) is 0 Å².